The van der Waals surface area contributed by atoms with Crippen molar-refractivity contribution in [3.8, 4) is 0 Å². The van der Waals surface area contributed by atoms with Gasteiger partial charge in [-0.3, -0.25) is 4.79 Å². The van der Waals surface area contributed by atoms with Crippen LogP contribution in [0.2, 0.25) is 0 Å². The number of hydrogen-bond donors (Lipinski definition) is 1. The molecular weight excluding hydrogens is 252 g/mol. The molecule has 1 aliphatic rings. The van der Waals surface area contributed by atoms with Crippen molar-refractivity contribution < 1.29 is 9.32 Å². The predicted molar refractivity (Wildman–Crippen MR) is 75.4 cm³/mol. The molecule has 1 aliphatic carbocycles. The molecule has 0 spiro atoms. The minimum absolute atomic E-state index is 0.0809. The Morgan fingerprint density at radius 2 is 2.00 bits per heavy atom. The number of amides is 1. The Bertz CT molecular complexity index is 595. The minimum Gasteiger partial charge on any atom is -0.361 e. The molecule has 2 aromatic rings. The lowest BCUT2D eigenvalue weighted by atomic mass is 10.0. The summed E-state index contributed by atoms with van der Waals surface area (Å²) in [5, 5.41) is 6.98. The van der Waals surface area contributed by atoms with E-state index in [1.54, 1.807) is 13.8 Å². The van der Waals surface area contributed by atoms with E-state index in [9.17, 15) is 4.79 Å². The molecule has 104 valence electrons. The zero-order valence-corrected chi connectivity index (χ0v) is 11.7. The maximum atomic E-state index is 12.5. The first-order chi connectivity index (χ1) is 9.66. The Morgan fingerprint density at radius 3 is 2.55 bits per heavy atom. The molecule has 1 amide bonds. The van der Waals surface area contributed by atoms with E-state index >= 15 is 0 Å². The third-order valence-electron chi connectivity index (χ3n) is 3.80. The van der Waals surface area contributed by atoms with Gasteiger partial charge < -0.3 is 9.84 Å². The number of aromatic nitrogens is 1. The quantitative estimate of drug-likeness (QED) is 0.928. The third-order valence-corrected chi connectivity index (χ3v) is 3.80. The highest BCUT2D eigenvalue weighted by Gasteiger charge is 2.34. The van der Waals surface area contributed by atoms with E-state index in [2.05, 4.69) is 22.6 Å². The standard InChI is InChI=1S/C16H18N2O2/c1-10-14(11(2)20-18-10)16(19)17-15(13-8-9-13)12-6-4-3-5-7-12/h3-7,13,15H,8-9H2,1-2H3,(H,17,19)/t15-/m1/s1. The van der Waals surface area contributed by atoms with E-state index in [0.29, 0.717) is 22.9 Å². The van der Waals surface area contributed by atoms with Gasteiger partial charge in [-0.25, -0.2) is 0 Å². The smallest absolute Gasteiger partial charge is 0.257 e. The lowest BCUT2D eigenvalue weighted by Gasteiger charge is -2.18. The molecule has 1 atom stereocenters. The van der Waals surface area contributed by atoms with Crippen molar-refractivity contribution in [3.63, 3.8) is 0 Å². The summed E-state index contributed by atoms with van der Waals surface area (Å²) >= 11 is 0. The Morgan fingerprint density at radius 1 is 1.30 bits per heavy atom. The van der Waals surface area contributed by atoms with Crippen LogP contribution in [0, 0.1) is 19.8 Å². The number of nitrogens with one attached hydrogen (secondary N) is 1. The maximum Gasteiger partial charge on any atom is 0.257 e. The number of nitrogens with zero attached hydrogens (tertiary/aromatic N) is 1. The van der Waals surface area contributed by atoms with Gasteiger partial charge in [0.2, 0.25) is 0 Å². The summed E-state index contributed by atoms with van der Waals surface area (Å²) in [4.78, 5) is 12.5. The molecular formula is C16H18N2O2. The largest absolute Gasteiger partial charge is 0.361 e. The van der Waals surface area contributed by atoms with E-state index in [1.807, 2.05) is 18.2 Å². The van der Waals surface area contributed by atoms with Gasteiger partial charge >= 0.3 is 0 Å². The summed E-state index contributed by atoms with van der Waals surface area (Å²) < 4.78 is 5.07. The normalized spacial score (nSPS) is 15.9. The van der Waals surface area contributed by atoms with Gasteiger partial charge in [0.25, 0.3) is 5.91 Å². The zero-order chi connectivity index (χ0) is 14.1. The zero-order valence-electron chi connectivity index (χ0n) is 11.7. The predicted octanol–water partition coefficient (Wildman–Crippen LogP) is 3.17. The molecule has 3 rings (SSSR count). The third kappa shape index (κ3) is 2.46. The first-order valence-corrected chi connectivity index (χ1v) is 6.95. The minimum atomic E-state index is -0.0954. The van der Waals surface area contributed by atoms with Gasteiger partial charge in [0.05, 0.1) is 11.7 Å². The number of hydrogen-bond acceptors (Lipinski definition) is 3. The van der Waals surface area contributed by atoms with Crippen LogP contribution < -0.4 is 5.32 Å². The SMILES string of the molecule is Cc1noc(C)c1C(=O)N[C@H](c1ccccc1)C1CC1. The van der Waals surface area contributed by atoms with E-state index in [-0.39, 0.29) is 11.9 Å². The number of rotatable bonds is 4. The molecule has 1 aromatic carbocycles. The molecule has 0 radical (unpaired) electrons. The molecule has 0 aliphatic heterocycles. The molecule has 20 heavy (non-hydrogen) atoms. The maximum absolute atomic E-state index is 12.5. The van der Waals surface area contributed by atoms with Crippen molar-refractivity contribution in [2.75, 3.05) is 0 Å². The van der Waals surface area contributed by atoms with Crippen LogP contribution in [0.25, 0.3) is 0 Å². The van der Waals surface area contributed by atoms with E-state index in [1.165, 1.54) is 12.8 Å². The summed E-state index contributed by atoms with van der Waals surface area (Å²) in [5.41, 5.74) is 2.37. The first-order valence-electron chi connectivity index (χ1n) is 6.95. The monoisotopic (exact) mass is 270 g/mol. The summed E-state index contributed by atoms with van der Waals surface area (Å²) in [6, 6.07) is 10.2. The number of aryl methyl sites for hydroxylation is 2. The molecule has 1 heterocycles. The molecule has 4 nitrogen and oxygen atoms in total. The Kier molecular flexibility index (Phi) is 3.30. The second-order valence-electron chi connectivity index (χ2n) is 5.40. The van der Waals surface area contributed by atoms with Crippen molar-refractivity contribution in [1.29, 1.82) is 0 Å². The highest BCUT2D eigenvalue weighted by molar-refractivity contribution is 5.96. The van der Waals surface area contributed by atoms with Crippen LogP contribution in [0.4, 0.5) is 0 Å². The Labute approximate surface area is 118 Å². The second kappa shape index (κ2) is 5.12. The molecule has 4 heteroatoms. The molecule has 0 bridgehead atoms. The highest BCUT2D eigenvalue weighted by atomic mass is 16.5. The summed E-state index contributed by atoms with van der Waals surface area (Å²) in [6.07, 6.45) is 2.34. The number of carbonyl (C=O) groups is 1. The average Bonchev–Trinajstić information content (AvgIpc) is 3.23. The number of carbonyl (C=O) groups excluding carboxylic acids is 1. The van der Waals surface area contributed by atoms with E-state index < -0.39 is 0 Å². The summed E-state index contributed by atoms with van der Waals surface area (Å²) in [5.74, 6) is 1.02. The van der Waals surface area contributed by atoms with Gasteiger partial charge in [-0.2, -0.15) is 0 Å². The van der Waals surface area contributed by atoms with Crippen LogP contribution in [0.15, 0.2) is 34.9 Å². The summed E-state index contributed by atoms with van der Waals surface area (Å²) in [7, 11) is 0. The van der Waals surface area contributed by atoms with Gasteiger partial charge in [-0.15, -0.1) is 0 Å². The van der Waals surface area contributed by atoms with Crippen molar-refractivity contribution in [3.05, 3.63) is 52.9 Å². The summed E-state index contributed by atoms with van der Waals surface area (Å²) in [6.45, 7) is 3.56. The lowest BCUT2D eigenvalue weighted by Crippen LogP contribution is -2.30. The van der Waals surface area contributed by atoms with Crippen LogP contribution in [0.5, 0.6) is 0 Å². The van der Waals surface area contributed by atoms with Gasteiger partial charge in [0.1, 0.15) is 11.3 Å². The average molecular weight is 270 g/mol. The van der Waals surface area contributed by atoms with Crippen LogP contribution in [0.3, 0.4) is 0 Å². The van der Waals surface area contributed by atoms with Crippen LogP contribution in [-0.2, 0) is 0 Å². The molecule has 0 saturated heterocycles. The lowest BCUT2D eigenvalue weighted by molar-refractivity contribution is 0.0929. The second-order valence-corrected chi connectivity index (χ2v) is 5.40. The van der Waals surface area contributed by atoms with Crippen LogP contribution in [0.1, 0.15) is 46.3 Å². The van der Waals surface area contributed by atoms with Crippen molar-refractivity contribution in [2.24, 2.45) is 5.92 Å². The Balaban J connectivity index is 1.83. The van der Waals surface area contributed by atoms with E-state index in [4.69, 9.17) is 4.52 Å². The van der Waals surface area contributed by atoms with E-state index in [0.717, 1.165) is 5.56 Å². The van der Waals surface area contributed by atoms with Gasteiger partial charge in [0.15, 0.2) is 0 Å². The highest BCUT2D eigenvalue weighted by Crippen LogP contribution is 2.41. The molecule has 0 unspecified atom stereocenters. The fourth-order valence-corrected chi connectivity index (χ4v) is 2.58. The molecule has 1 saturated carbocycles. The molecule has 1 N–H and O–H groups in total. The van der Waals surface area contributed by atoms with Crippen LogP contribution in [-0.4, -0.2) is 11.1 Å². The van der Waals surface area contributed by atoms with Crippen LogP contribution >= 0.6 is 0 Å². The molecule has 1 fully saturated rings. The van der Waals surface area contributed by atoms with Gasteiger partial charge in [-0.1, -0.05) is 35.5 Å². The fraction of sp³-hybridized carbons (Fsp3) is 0.375. The van der Waals surface area contributed by atoms with Crippen molar-refractivity contribution in [1.82, 2.24) is 10.5 Å². The molecule has 1 aromatic heterocycles. The van der Waals surface area contributed by atoms with Gasteiger partial charge in [-0.05, 0) is 38.2 Å². The first kappa shape index (κ1) is 12.9. The number of benzene rings is 1. The Hall–Kier alpha value is -2.10. The fourth-order valence-electron chi connectivity index (χ4n) is 2.58. The van der Waals surface area contributed by atoms with Crippen molar-refractivity contribution in [2.45, 2.75) is 32.7 Å². The topological polar surface area (TPSA) is 55.1 Å². The van der Waals surface area contributed by atoms with Crippen molar-refractivity contribution >= 4 is 5.91 Å². The van der Waals surface area contributed by atoms with Gasteiger partial charge in [0, 0.05) is 0 Å².